The lowest BCUT2D eigenvalue weighted by atomic mass is 10.2. The van der Waals surface area contributed by atoms with Gasteiger partial charge in [0.15, 0.2) is 0 Å². The lowest BCUT2D eigenvalue weighted by molar-refractivity contribution is 0.541. The molecule has 0 aromatic carbocycles. The molecule has 59 valence electrons. The minimum atomic E-state index is 0.788. The van der Waals surface area contributed by atoms with E-state index in [-0.39, 0.29) is 0 Å². The van der Waals surface area contributed by atoms with E-state index in [1.165, 1.54) is 0 Å². The van der Waals surface area contributed by atoms with E-state index in [1.54, 1.807) is 24.9 Å². The van der Waals surface area contributed by atoms with E-state index in [2.05, 4.69) is 9.97 Å². The number of aromatic nitrogens is 2. The number of hydrogen-bond acceptors (Lipinski definition) is 3. The summed E-state index contributed by atoms with van der Waals surface area (Å²) in [7, 11) is 0. The Morgan fingerprint density at radius 3 is 3.00 bits per heavy atom. The van der Waals surface area contributed by atoms with Gasteiger partial charge in [-0.15, -0.1) is 0 Å². The van der Waals surface area contributed by atoms with Gasteiger partial charge in [-0.2, -0.15) is 0 Å². The van der Waals surface area contributed by atoms with Crippen LogP contribution in [0.2, 0.25) is 0 Å². The molecule has 0 saturated carbocycles. The predicted octanol–water partition coefficient (Wildman–Crippen LogP) is 1.67. The van der Waals surface area contributed by atoms with E-state index < -0.39 is 0 Å². The van der Waals surface area contributed by atoms with Crippen LogP contribution in [0.15, 0.2) is 41.4 Å². The predicted molar refractivity (Wildman–Crippen MR) is 43.2 cm³/mol. The molecule has 0 aliphatic carbocycles. The molecule has 0 amide bonds. The molecule has 1 radical (unpaired) electrons. The summed E-state index contributed by atoms with van der Waals surface area (Å²) in [4.78, 5) is 8.01. The third-order valence-electron chi connectivity index (χ3n) is 1.42. The van der Waals surface area contributed by atoms with Gasteiger partial charge in [-0.05, 0) is 12.1 Å². The standard InChI is InChI=1S/C9H7N2O/c1-2-9(12-5-1)6-8-7-10-3-4-11-8/h1-7H. The number of nitrogens with zero attached hydrogens (tertiary/aromatic N) is 2. The van der Waals surface area contributed by atoms with Crippen molar-refractivity contribution in [3.63, 3.8) is 0 Å². The SMILES string of the molecule is [CH](c1cnccn1)c1ccco1. The Labute approximate surface area is 70.1 Å². The minimum Gasteiger partial charge on any atom is -0.469 e. The molecular weight excluding hydrogens is 152 g/mol. The number of hydrogen-bond donors (Lipinski definition) is 0. The van der Waals surface area contributed by atoms with Gasteiger partial charge in [-0.25, -0.2) is 0 Å². The highest BCUT2D eigenvalue weighted by Crippen LogP contribution is 2.07. The molecule has 2 rings (SSSR count). The van der Waals surface area contributed by atoms with Crippen molar-refractivity contribution in [3.05, 3.63) is 54.9 Å². The summed E-state index contributed by atoms with van der Waals surface area (Å²) in [5.41, 5.74) is 0.799. The zero-order valence-electron chi connectivity index (χ0n) is 6.34. The molecule has 3 heteroatoms. The normalized spacial score (nSPS) is 10.0. The highest BCUT2D eigenvalue weighted by Gasteiger charge is 1.98. The molecule has 0 N–H and O–H groups in total. The molecule has 0 aliphatic rings. The Kier molecular flexibility index (Phi) is 1.86. The first-order chi connectivity index (χ1) is 5.95. The summed E-state index contributed by atoms with van der Waals surface area (Å²) in [5, 5.41) is 0. The zero-order chi connectivity index (χ0) is 8.23. The largest absolute Gasteiger partial charge is 0.469 e. The van der Waals surface area contributed by atoms with Gasteiger partial charge in [0, 0.05) is 18.6 Å². The Balaban J connectivity index is 2.15. The van der Waals surface area contributed by atoms with Crippen molar-refractivity contribution >= 4 is 0 Å². The second-order valence-electron chi connectivity index (χ2n) is 2.29. The van der Waals surface area contributed by atoms with Crippen LogP contribution in [0.4, 0.5) is 0 Å². The van der Waals surface area contributed by atoms with Crippen molar-refractivity contribution in [1.29, 1.82) is 0 Å². The summed E-state index contributed by atoms with van der Waals surface area (Å²) >= 11 is 0. The smallest absolute Gasteiger partial charge is 0.114 e. The molecule has 0 bridgehead atoms. The van der Waals surface area contributed by atoms with Crippen LogP contribution in [-0.2, 0) is 0 Å². The molecule has 12 heavy (non-hydrogen) atoms. The third kappa shape index (κ3) is 1.50. The van der Waals surface area contributed by atoms with Gasteiger partial charge in [0.25, 0.3) is 0 Å². The molecule has 0 fully saturated rings. The average Bonchev–Trinajstić information content (AvgIpc) is 2.59. The Bertz CT molecular complexity index is 329. The molecule has 0 unspecified atom stereocenters. The van der Waals surface area contributed by atoms with Crippen molar-refractivity contribution in [1.82, 2.24) is 9.97 Å². The summed E-state index contributed by atoms with van der Waals surface area (Å²) in [6.07, 6.45) is 8.42. The summed E-state index contributed by atoms with van der Waals surface area (Å²) < 4.78 is 5.11. The van der Waals surface area contributed by atoms with Gasteiger partial charge in [-0.1, -0.05) is 0 Å². The van der Waals surface area contributed by atoms with Gasteiger partial charge >= 0.3 is 0 Å². The Hall–Kier alpha value is -1.64. The first-order valence-electron chi connectivity index (χ1n) is 3.59. The van der Waals surface area contributed by atoms with Crippen molar-refractivity contribution in [2.24, 2.45) is 0 Å². The second-order valence-corrected chi connectivity index (χ2v) is 2.29. The lowest BCUT2D eigenvalue weighted by Crippen LogP contribution is -1.87. The quantitative estimate of drug-likeness (QED) is 0.669. The van der Waals surface area contributed by atoms with Crippen LogP contribution in [0, 0.1) is 6.42 Å². The fourth-order valence-corrected chi connectivity index (χ4v) is 0.904. The Morgan fingerprint density at radius 1 is 1.33 bits per heavy atom. The average molecular weight is 159 g/mol. The van der Waals surface area contributed by atoms with Crippen LogP contribution in [0.5, 0.6) is 0 Å². The van der Waals surface area contributed by atoms with E-state index in [1.807, 2.05) is 18.6 Å². The maximum absolute atomic E-state index is 5.11. The highest BCUT2D eigenvalue weighted by atomic mass is 16.3. The minimum absolute atomic E-state index is 0.788. The first kappa shape index (κ1) is 7.03. The number of furan rings is 1. The Morgan fingerprint density at radius 2 is 2.33 bits per heavy atom. The molecule has 0 aliphatic heterocycles. The van der Waals surface area contributed by atoms with Crippen molar-refractivity contribution in [2.75, 3.05) is 0 Å². The molecule has 0 saturated heterocycles. The summed E-state index contributed by atoms with van der Waals surface area (Å²) in [5.74, 6) is 0.788. The van der Waals surface area contributed by atoms with Crippen LogP contribution in [-0.4, -0.2) is 9.97 Å². The molecule has 0 atom stereocenters. The zero-order valence-corrected chi connectivity index (χ0v) is 6.34. The van der Waals surface area contributed by atoms with Gasteiger partial charge in [0.1, 0.15) is 5.76 Å². The van der Waals surface area contributed by atoms with Crippen molar-refractivity contribution in [2.45, 2.75) is 0 Å². The van der Waals surface area contributed by atoms with E-state index in [0.717, 1.165) is 11.5 Å². The first-order valence-corrected chi connectivity index (χ1v) is 3.59. The van der Waals surface area contributed by atoms with Gasteiger partial charge < -0.3 is 4.42 Å². The fraction of sp³-hybridized carbons (Fsp3) is 0. The highest BCUT2D eigenvalue weighted by molar-refractivity contribution is 5.22. The summed E-state index contributed by atoms with van der Waals surface area (Å²) in [6.45, 7) is 0. The molecule has 2 aromatic heterocycles. The van der Waals surface area contributed by atoms with Crippen LogP contribution >= 0.6 is 0 Å². The van der Waals surface area contributed by atoms with Crippen LogP contribution in [0.25, 0.3) is 0 Å². The monoisotopic (exact) mass is 159 g/mol. The third-order valence-corrected chi connectivity index (χ3v) is 1.42. The van der Waals surface area contributed by atoms with Crippen LogP contribution in [0.3, 0.4) is 0 Å². The number of rotatable bonds is 2. The van der Waals surface area contributed by atoms with Crippen molar-refractivity contribution in [3.8, 4) is 0 Å². The maximum Gasteiger partial charge on any atom is 0.114 e. The van der Waals surface area contributed by atoms with Crippen molar-refractivity contribution < 1.29 is 4.42 Å². The fourth-order valence-electron chi connectivity index (χ4n) is 0.904. The maximum atomic E-state index is 5.11. The molecule has 3 nitrogen and oxygen atoms in total. The summed E-state index contributed by atoms with van der Waals surface area (Å²) in [6, 6.07) is 3.71. The van der Waals surface area contributed by atoms with Crippen LogP contribution < -0.4 is 0 Å². The van der Waals surface area contributed by atoms with E-state index in [4.69, 9.17) is 4.42 Å². The van der Waals surface area contributed by atoms with E-state index >= 15 is 0 Å². The van der Waals surface area contributed by atoms with Gasteiger partial charge in [0.2, 0.25) is 0 Å². The molecule has 2 aromatic rings. The lowest BCUT2D eigenvalue weighted by Gasteiger charge is -1.93. The molecule has 2 heterocycles. The van der Waals surface area contributed by atoms with E-state index in [9.17, 15) is 0 Å². The van der Waals surface area contributed by atoms with Gasteiger partial charge in [0.05, 0.1) is 18.4 Å². The second kappa shape index (κ2) is 3.17. The van der Waals surface area contributed by atoms with Gasteiger partial charge in [-0.3, -0.25) is 9.97 Å². The van der Waals surface area contributed by atoms with E-state index in [0.29, 0.717) is 0 Å². The molecular formula is C9H7N2O. The molecule has 0 spiro atoms. The van der Waals surface area contributed by atoms with Crippen LogP contribution in [0.1, 0.15) is 11.5 Å². The topological polar surface area (TPSA) is 38.9 Å².